The van der Waals surface area contributed by atoms with Crippen molar-refractivity contribution in [1.29, 1.82) is 0 Å². The second-order valence-corrected chi connectivity index (χ2v) is 10.2. The number of aryl methyl sites for hydroxylation is 1. The number of aromatic hydroxyl groups is 1. The van der Waals surface area contributed by atoms with Gasteiger partial charge in [-0.1, -0.05) is 31.0 Å². The van der Waals surface area contributed by atoms with Gasteiger partial charge in [0.05, 0.1) is 17.6 Å². The molecule has 0 amide bonds. The highest BCUT2D eigenvalue weighted by atomic mass is 32.2. The second-order valence-electron chi connectivity index (χ2n) is 8.61. The molecule has 2 aromatic carbocycles. The Hall–Kier alpha value is -2.54. The molecule has 1 atom stereocenters. The van der Waals surface area contributed by atoms with E-state index in [-0.39, 0.29) is 17.3 Å². The molecule has 0 spiro atoms. The van der Waals surface area contributed by atoms with Crippen LogP contribution in [-0.4, -0.2) is 61.1 Å². The van der Waals surface area contributed by atoms with Crippen molar-refractivity contribution in [2.24, 2.45) is 5.14 Å². The van der Waals surface area contributed by atoms with Crippen molar-refractivity contribution in [3.63, 3.8) is 0 Å². The first-order valence-corrected chi connectivity index (χ1v) is 13.8. The number of aliphatic hydroxyl groups excluding tert-OH is 2. The first kappa shape index (κ1) is 32.5. The molecular weight excluding hydrogens is 500 g/mol. The number of rotatable bonds is 16. The number of sulfonamides is 1. The van der Waals surface area contributed by atoms with E-state index in [1.54, 1.807) is 24.3 Å². The summed E-state index contributed by atoms with van der Waals surface area (Å²) in [6.07, 6.45) is 5.00. The van der Waals surface area contributed by atoms with Gasteiger partial charge in [0.2, 0.25) is 10.0 Å². The molecule has 0 bridgehead atoms. The van der Waals surface area contributed by atoms with Crippen molar-refractivity contribution in [3.8, 4) is 5.75 Å². The molecule has 10 nitrogen and oxygen atoms in total. The summed E-state index contributed by atoms with van der Waals surface area (Å²) in [5.74, 6) is -0.805. The van der Waals surface area contributed by atoms with E-state index in [9.17, 15) is 23.7 Å². The number of carboxylic acid groups (broad SMARTS) is 1. The Bertz CT molecular complexity index is 1040. The van der Waals surface area contributed by atoms with E-state index in [0.717, 1.165) is 57.6 Å². The third-order valence-electron chi connectivity index (χ3n) is 5.37. The number of hydrogen-bond donors (Lipinski definition) is 6. The molecule has 0 aliphatic heterocycles. The van der Waals surface area contributed by atoms with E-state index >= 15 is 0 Å². The molecule has 2 aromatic rings. The average Bonchev–Trinajstić information content (AvgIpc) is 2.84. The molecule has 0 saturated heterocycles. The fourth-order valence-corrected chi connectivity index (χ4v) is 4.05. The van der Waals surface area contributed by atoms with Crippen LogP contribution in [0.5, 0.6) is 5.75 Å². The Labute approximate surface area is 219 Å². The maximum Gasteiger partial charge on any atom is 0.300 e. The number of carboxylic acids is 1. The SMILES string of the molecule is CC(=O)O.NS(=O)(=O)c1cccc(CCCOCCCCCCNC[C@H](O)c2ccc(O)c(CO)c2)c1. The van der Waals surface area contributed by atoms with Gasteiger partial charge in [-0.25, -0.2) is 13.6 Å². The van der Waals surface area contributed by atoms with Crippen LogP contribution < -0.4 is 10.5 Å². The van der Waals surface area contributed by atoms with Crippen LogP contribution >= 0.6 is 0 Å². The lowest BCUT2D eigenvalue weighted by atomic mass is 10.1. The van der Waals surface area contributed by atoms with Crippen molar-refractivity contribution in [3.05, 3.63) is 59.2 Å². The molecule has 0 saturated carbocycles. The number of ether oxygens (including phenoxy) is 1. The van der Waals surface area contributed by atoms with Gasteiger partial charge in [0.25, 0.3) is 5.97 Å². The standard InChI is InChI=1S/C24H36N2O6S.C2H4O2/c25-33(30,31)22-9-5-7-19(15-22)8-6-14-32-13-4-2-1-3-12-26-17-24(29)20-10-11-23(28)21(16-20)18-27;1-2(3)4/h5,7,9-11,15-16,24,26-29H,1-4,6,8,12-14,17-18H2,(H2,25,30,31);1H3,(H,3,4)/t24-;/m0./s1. The lowest BCUT2D eigenvalue weighted by molar-refractivity contribution is -0.134. The Morgan fingerprint density at radius 2 is 1.73 bits per heavy atom. The van der Waals surface area contributed by atoms with Crippen LogP contribution in [0.15, 0.2) is 47.4 Å². The van der Waals surface area contributed by atoms with Gasteiger partial charge in [0.15, 0.2) is 0 Å². The number of benzene rings is 2. The fraction of sp³-hybridized carbons (Fsp3) is 0.500. The van der Waals surface area contributed by atoms with Gasteiger partial charge >= 0.3 is 0 Å². The smallest absolute Gasteiger partial charge is 0.300 e. The predicted molar refractivity (Wildman–Crippen MR) is 141 cm³/mol. The van der Waals surface area contributed by atoms with Gasteiger partial charge < -0.3 is 30.5 Å². The third kappa shape index (κ3) is 14.7. The van der Waals surface area contributed by atoms with E-state index in [2.05, 4.69) is 5.32 Å². The molecule has 0 aliphatic carbocycles. The Morgan fingerprint density at radius 3 is 2.41 bits per heavy atom. The zero-order valence-corrected chi connectivity index (χ0v) is 22.1. The number of aliphatic hydroxyl groups is 2. The maximum atomic E-state index is 11.4. The van der Waals surface area contributed by atoms with Gasteiger partial charge in [-0.15, -0.1) is 0 Å². The number of nitrogens with two attached hydrogens (primary N) is 1. The van der Waals surface area contributed by atoms with Crippen LogP contribution in [0, 0.1) is 0 Å². The summed E-state index contributed by atoms with van der Waals surface area (Å²) in [5.41, 5.74) is 2.01. The van der Waals surface area contributed by atoms with Crippen molar-refractivity contribution >= 4 is 16.0 Å². The number of aliphatic carboxylic acids is 1. The van der Waals surface area contributed by atoms with E-state index < -0.39 is 22.1 Å². The molecule has 0 aromatic heterocycles. The average molecular weight is 541 g/mol. The van der Waals surface area contributed by atoms with E-state index in [0.29, 0.717) is 30.9 Å². The monoisotopic (exact) mass is 540 g/mol. The molecule has 0 radical (unpaired) electrons. The summed E-state index contributed by atoms with van der Waals surface area (Å²) in [6, 6.07) is 11.4. The van der Waals surface area contributed by atoms with Crippen LogP contribution in [-0.2, 0) is 32.6 Å². The van der Waals surface area contributed by atoms with Crippen molar-refractivity contribution in [1.82, 2.24) is 5.32 Å². The number of hydrogen-bond acceptors (Lipinski definition) is 8. The number of phenols is 1. The van der Waals surface area contributed by atoms with Gasteiger partial charge in [-0.05, 0) is 67.6 Å². The lowest BCUT2D eigenvalue weighted by Crippen LogP contribution is -2.22. The molecule has 208 valence electrons. The summed E-state index contributed by atoms with van der Waals surface area (Å²) in [4.78, 5) is 9.14. The van der Waals surface area contributed by atoms with Crippen molar-refractivity contribution in [2.45, 2.75) is 63.1 Å². The molecule has 0 heterocycles. The lowest BCUT2D eigenvalue weighted by Gasteiger charge is -2.14. The Balaban J connectivity index is 0.00000159. The highest BCUT2D eigenvalue weighted by molar-refractivity contribution is 7.89. The van der Waals surface area contributed by atoms with Gasteiger partial charge in [-0.3, -0.25) is 4.79 Å². The Morgan fingerprint density at radius 1 is 1.05 bits per heavy atom. The van der Waals surface area contributed by atoms with Crippen LogP contribution in [0.3, 0.4) is 0 Å². The number of nitrogens with one attached hydrogen (secondary N) is 1. The van der Waals surface area contributed by atoms with Gasteiger partial charge in [0, 0.05) is 32.2 Å². The van der Waals surface area contributed by atoms with Crippen molar-refractivity contribution in [2.75, 3.05) is 26.3 Å². The zero-order valence-electron chi connectivity index (χ0n) is 21.3. The Kier molecular flexibility index (Phi) is 15.7. The molecule has 0 fully saturated rings. The molecule has 7 N–H and O–H groups in total. The predicted octanol–water partition coefficient (Wildman–Crippen LogP) is 2.46. The first-order chi connectivity index (χ1) is 17.5. The van der Waals surface area contributed by atoms with Crippen LogP contribution in [0.4, 0.5) is 0 Å². The minimum absolute atomic E-state index is 0.0281. The quantitative estimate of drug-likeness (QED) is 0.174. The van der Waals surface area contributed by atoms with Gasteiger partial charge in [0.1, 0.15) is 5.75 Å². The highest BCUT2D eigenvalue weighted by Crippen LogP contribution is 2.22. The maximum absolute atomic E-state index is 11.4. The second kappa shape index (κ2) is 17.8. The molecule has 0 unspecified atom stereocenters. The molecular formula is C26H40N2O8S. The van der Waals surface area contributed by atoms with Crippen molar-refractivity contribution < 1.29 is 38.4 Å². The number of carbonyl (C=O) groups is 1. The number of primary sulfonamides is 1. The topological polar surface area (TPSA) is 179 Å². The highest BCUT2D eigenvalue weighted by Gasteiger charge is 2.10. The van der Waals surface area contributed by atoms with E-state index in [4.69, 9.17) is 19.8 Å². The molecule has 11 heteroatoms. The van der Waals surface area contributed by atoms with Crippen LogP contribution in [0.1, 0.15) is 61.8 Å². The molecule has 2 rings (SSSR count). The summed E-state index contributed by atoms with van der Waals surface area (Å²) < 4.78 is 28.4. The van der Waals surface area contributed by atoms with E-state index in [1.807, 2.05) is 6.07 Å². The summed E-state index contributed by atoms with van der Waals surface area (Å²) in [5, 5.41) is 44.8. The van der Waals surface area contributed by atoms with Gasteiger partial charge in [-0.2, -0.15) is 0 Å². The third-order valence-corrected chi connectivity index (χ3v) is 6.28. The molecule has 0 aliphatic rings. The zero-order chi connectivity index (χ0) is 27.7. The summed E-state index contributed by atoms with van der Waals surface area (Å²) in [7, 11) is -3.67. The fourth-order valence-electron chi connectivity index (χ4n) is 3.46. The first-order valence-electron chi connectivity index (χ1n) is 12.2. The summed E-state index contributed by atoms with van der Waals surface area (Å²) >= 11 is 0. The summed E-state index contributed by atoms with van der Waals surface area (Å²) in [6.45, 7) is 3.38. The number of unbranched alkanes of at least 4 members (excludes halogenated alkanes) is 3. The van der Waals surface area contributed by atoms with Crippen LogP contribution in [0.2, 0.25) is 0 Å². The van der Waals surface area contributed by atoms with E-state index in [1.165, 1.54) is 12.1 Å². The minimum Gasteiger partial charge on any atom is -0.508 e. The normalized spacial score (nSPS) is 12.0. The molecule has 37 heavy (non-hydrogen) atoms. The minimum atomic E-state index is -3.67. The largest absolute Gasteiger partial charge is 0.508 e. The van der Waals surface area contributed by atoms with Crippen LogP contribution in [0.25, 0.3) is 0 Å².